The summed E-state index contributed by atoms with van der Waals surface area (Å²) in [6.07, 6.45) is 2.60. The molecule has 1 heterocycles. The number of hydrogen-bond donors (Lipinski definition) is 2. The van der Waals surface area contributed by atoms with E-state index in [2.05, 4.69) is 22.3 Å². The van der Waals surface area contributed by atoms with E-state index >= 15 is 0 Å². The van der Waals surface area contributed by atoms with Gasteiger partial charge >= 0.3 is 0 Å². The normalized spacial score (nSPS) is 18.4. The molecule has 0 aromatic heterocycles. The van der Waals surface area contributed by atoms with E-state index in [-0.39, 0.29) is 12.6 Å². The number of nitrogens with one attached hydrogen (secondary N) is 1. The molecule has 1 aromatic carbocycles. The third-order valence-corrected chi connectivity index (χ3v) is 3.34. The van der Waals surface area contributed by atoms with E-state index in [1.54, 1.807) is 0 Å². The topological polar surface area (TPSA) is 35.5 Å². The number of benzene rings is 1. The average Bonchev–Trinajstić information content (AvgIpc) is 2.88. The van der Waals surface area contributed by atoms with Crippen molar-refractivity contribution in [3.8, 4) is 0 Å². The molecule has 1 saturated heterocycles. The van der Waals surface area contributed by atoms with Gasteiger partial charge < -0.3 is 15.3 Å². The van der Waals surface area contributed by atoms with Crippen LogP contribution in [0.15, 0.2) is 30.3 Å². The molecule has 0 aliphatic carbocycles. The van der Waals surface area contributed by atoms with Crippen LogP contribution in [0, 0.1) is 0 Å². The number of rotatable bonds is 6. The smallest absolute Gasteiger partial charge is 0.0597 e. The molecule has 0 bridgehead atoms. The highest BCUT2D eigenvalue weighted by molar-refractivity contribution is 5.14. The van der Waals surface area contributed by atoms with Gasteiger partial charge in [-0.3, -0.25) is 0 Å². The first-order valence-corrected chi connectivity index (χ1v) is 6.49. The molecule has 2 N–H and O–H groups in total. The summed E-state index contributed by atoms with van der Waals surface area (Å²) >= 11 is 0. The fourth-order valence-corrected chi connectivity index (χ4v) is 2.32. The monoisotopic (exact) mass is 234 g/mol. The summed E-state index contributed by atoms with van der Waals surface area (Å²) in [5, 5.41) is 12.8. The van der Waals surface area contributed by atoms with Crippen molar-refractivity contribution in [1.82, 2.24) is 10.2 Å². The molecule has 0 saturated carbocycles. The lowest BCUT2D eigenvalue weighted by molar-refractivity contribution is 0.197. The van der Waals surface area contributed by atoms with Gasteiger partial charge in [-0.25, -0.2) is 0 Å². The Bertz CT molecular complexity index is 309. The predicted octanol–water partition coefficient (Wildman–Crippen LogP) is 1.23. The minimum absolute atomic E-state index is 0.188. The minimum Gasteiger partial charge on any atom is -0.395 e. The van der Waals surface area contributed by atoms with Crippen LogP contribution in [0.1, 0.15) is 18.4 Å². The van der Waals surface area contributed by atoms with Gasteiger partial charge in [0.05, 0.1) is 6.61 Å². The Morgan fingerprint density at radius 3 is 2.53 bits per heavy atom. The van der Waals surface area contributed by atoms with E-state index in [0.29, 0.717) is 0 Å². The molecule has 3 nitrogen and oxygen atoms in total. The molecule has 0 radical (unpaired) electrons. The molecule has 0 amide bonds. The maximum absolute atomic E-state index is 9.38. The van der Waals surface area contributed by atoms with Gasteiger partial charge in [-0.05, 0) is 31.5 Å². The summed E-state index contributed by atoms with van der Waals surface area (Å²) in [7, 11) is 0. The highest BCUT2D eigenvalue weighted by atomic mass is 16.3. The van der Waals surface area contributed by atoms with Gasteiger partial charge in [-0.1, -0.05) is 30.3 Å². The molecule has 0 unspecified atom stereocenters. The zero-order valence-electron chi connectivity index (χ0n) is 10.3. The summed E-state index contributed by atoms with van der Waals surface area (Å²) in [6, 6.07) is 10.5. The fourth-order valence-electron chi connectivity index (χ4n) is 2.32. The summed E-state index contributed by atoms with van der Waals surface area (Å²) in [4.78, 5) is 2.43. The molecule has 1 atom stereocenters. The van der Waals surface area contributed by atoms with Gasteiger partial charge in [-0.15, -0.1) is 0 Å². The zero-order chi connectivity index (χ0) is 11.9. The van der Waals surface area contributed by atoms with Crippen LogP contribution in [0.4, 0.5) is 0 Å². The number of aliphatic hydroxyl groups excluding tert-OH is 1. The Labute approximate surface area is 103 Å². The van der Waals surface area contributed by atoms with Gasteiger partial charge in [0.1, 0.15) is 0 Å². The molecule has 1 aromatic rings. The maximum Gasteiger partial charge on any atom is 0.0597 e. The van der Waals surface area contributed by atoms with Gasteiger partial charge in [0.25, 0.3) is 0 Å². The minimum atomic E-state index is 0.188. The van der Waals surface area contributed by atoms with Crippen LogP contribution in [-0.2, 0) is 6.54 Å². The van der Waals surface area contributed by atoms with E-state index in [1.807, 2.05) is 18.2 Å². The molecule has 0 spiro atoms. The second-order valence-electron chi connectivity index (χ2n) is 4.75. The maximum atomic E-state index is 9.38. The van der Waals surface area contributed by atoms with E-state index in [4.69, 9.17) is 0 Å². The van der Waals surface area contributed by atoms with Gasteiger partial charge in [0, 0.05) is 19.1 Å². The summed E-state index contributed by atoms with van der Waals surface area (Å²) in [6.45, 7) is 4.37. The van der Waals surface area contributed by atoms with Crippen LogP contribution in [0.5, 0.6) is 0 Å². The van der Waals surface area contributed by atoms with E-state index in [9.17, 15) is 5.11 Å². The SMILES string of the molecule is OC[C@@H](CN1CCCC1)NCc1ccccc1. The van der Waals surface area contributed by atoms with Crippen molar-refractivity contribution in [1.29, 1.82) is 0 Å². The van der Waals surface area contributed by atoms with Crippen LogP contribution in [0.2, 0.25) is 0 Å². The van der Waals surface area contributed by atoms with Gasteiger partial charge in [0.15, 0.2) is 0 Å². The molecule has 2 rings (SSSR count). The highest BCUT2D eigenvalue weighted by Gasteiger charge is 2.16. The van der Waals surface area contributed by atoms with E-state index in [1.165, 1.54) is 31.5 Å². The quantitative estimate of drug-likeness (QED) is 0.777. The summed E-state index contributed by atoms with van der Waals surface area (Å²) < 4.78 is 0. The molecular weight excluding hydrogens is 212 g/mol. The van der Waals surface area contributed by atoms with Crippen LogP contribution >= 0.6 is 0 Å². The Morgan fingerprint density at radius 2 is 1.88 bits per heavy atom. The second-order valence-corrected chi connectivity index (χ2v) is 4.75. The van der Waals surface area contributed by atoms with Crippen LogP contribution in [0.25, 0.3) is 0 Å². The molecule has 1 aliphatic rings. The van der Waals surface area contributed by atoms with Crippen molar-refractivity contribution < 1.29 is 5.11 Å². The van der Waals surface area contributed by atoms with Crippen molar-refractivity contribution in [2.45, 2.75) is 25.4 Å². The lowest BCUT2D eigenvalue weighted by atomic mass is 10.2. The number of hydrogen-bond acceptors (Lipinski definition) is 3. The van der Waals surface area contributed by atoms with Gasteiger partial charge in [-0.2, -0.15) is 0 Å². The summed E-state index contributed by atoms with van der Waals surface area (Å²) in [5.41, 5.74) is 1.27. The van der Waals surface area contributed by atoms with Crippen LogP contribution in [0.3, 0.4) is 0 Å². The first kappa shape index (κ1) is 12.6. The third-order valence-electron chi connectivity index (χ3n) is 3.34. The Hall–Kier alpha value is -0.900. The average molecular weight is 234 g/mol. The molecule has 3 heteroatoms. The standard InChI is InChI=1S/C14H22N2O/c17-12-14(11-16-8-4-5-9-16)15-10-13-6-2-1-3-7-13/h1-3,6-7,14-15,17H,4-5,8-12H2/t14-/m1/s1. The largest absolute Gasteiger partial charge is 0.395 e. The number of nitrogens with zero attached hydrogens (tertiary/aromatic N) is 1. The molecule has 17 heavy (non-hydrogen) atoms. The van der Waals surface area contributed by atoms with Crippen LogP contribution < -0.4 is 5.32 Å². The lowest BCUT2D eigenvalue weighted by Crippen LogP contribution is -2.42. The van der Waals surface area contributed by atoms with E-state index in [0.717, 1.165) is 13.1 Å². The first-order chi connectivity index (χ1) is 8.38. The van der Waals surface area contributed by atoms with E-state index < -0.39 is 0 Å². The second kappa shape index (κ2) is 6.74. The molecule has 94 valence electrons. The van der Waals surface area contributed by atoms with Crippen molar-refractivity contribution in [2.75, 3.05) is 26.2 Å². The Balaban J connectivity index is 1.75. The van der Waals surface area contributed by atoms with Crippen molar-refractivity contribution >= 4 is 0 Å². The zero-order valence-corrected chi connectivity index (χ0v) is 10.3. The highest BCUT2D eigenvalue weighted by Crippen LogP contribution is 2.08. The molecular formula is C14H22N2O. The Morgan fingerprint density at radius 1 is 1.18 bits per heavy atom. The van der Waals surface area contributed by atoms with Crippen LogP contribution in [-0.4, -0.2) is 42.3 Å². The van der Waals surface area contributed by atoms with Crippen molar-refractivity contribution in [3.63, 3.8) is 0 Å². The third kappa shape index (κ3) is 4.11. The summed E-state index contributed by atoms with van der Waals surface area (Å²) in [5.74, 6) is 0. The van der Waals surface area contributed by atoms with Crippen molar-refractivity contribution in [3.05, 3.63) is 35.9 Å². The van der Waals surface area contributed by atoms with Crippen molar-refractivity contribution in [2.24, 2.45) is 0 Å². The molecule has 1 fully saturated rings. The first-order valence-electron chi connectivity index (χ1n) is 6.49. The Kier molecular flexibility index (Phi) is 4.98. The fraction of sp³-hybridized carbons (Fsp3) is 0.571. The molecule has 1 aliphatic heterocycles. The lowest BCUT2D eigenvalue weighted by Gasteiger charge is -2.22. The number of aliphatic hydroxyl groups is 1. The van der Waals surface area contributed by atoms with Gasteiger partial charge in [0.2, 0.25) is 0 Å². The number of likely N-dealkylation sites (tertiary alicyclic amines) is 1. The predicted molar refractivity (Wildman–Crippen MR) is 69.8 cm³/mol.